The van der Waals surface area contributed by atoms with Crippen molar-refractivity contribution in [2.75, 3.05) is 19.6 Å². The van der Waals surface area contributed by atoms with Gasteiger partial charge in [-0.05, 0) is 138 Å². The number of piperidine rings is 2. The zero-order valence-corrected chi connectivity index (χ0v) is 25.3. The first-order chi connectivity index (χ1) is 19.4. The molecule has 3 aliphatic heterocycles. The molecule has 6 aliphatic rings. The SMILES string of the molecule is CC1CCCC2CC(C(=O)NC(C3CC3)C3NCC(C4CCC(NC(=O)CC5CCCNC5)CC4)CC3C)NC12. The molecule has 3 heterocycles. The second-order valence-electron chi connectivity index (χ2n) is 15.0. The van der Waals surface area contributed by atoms with Crippen LogP contribution in [-0.4, -0.2) is 61.7 Å². The first-order valence-electron chi connectivity index (χ1n) is 17.2. The molecule has 9 atom stereocenters. The predicted octanol–water partition coefficient (Wildman–Crippen LogP) is 3.73. The van der Waals surface area contributed by atoms with Crippen molar-refractivity contribution >= 4 is 11.8 Å². The summed E-state index contributed by atoms with van der Waals surface area (Å²) in [5, 5.41) is 18.1. The Morgan fingerprint density at radius 1 is 0.825 bits per heavy atom. The molecule has 226 valence electrons. The molecule has 0 radical (unpaired) electrons. The summed E-state index contributed by atoms with van der Waals surface area (Å²) in [6.45, 7) is 7.96. The highest BCUT2D eigenvalue weighted by Crippen LogP contribution is 2.41. The fraction of sp³-hybridized carbons (Fsp3) is 0.939. The van der Waals surface area contributed by atoms with Gasteiger partial charge in [0.25, 0.3) is 0 Å². The van der Waals surface area contributed by atoms with Crippen LogP contribution in [0, 0.1) is 41.4 Å². The van der Waals surface area contributed by atoms with Crippen molar-refractivity contribution in [3.63, 3.8) is 0 Å². The van der Waals surface area contributed by atoms with Crippen molar-refractivity contribution in [2.45, 2.75) is 134 Å². The highest BCUT2D eigenvalue weighted by molar-refractivity contribution is 5.82. The molecule has 3 aliphatic carbocycles. The van der Waals surface area contributed by atoms with E-state index in [2.05, 4.69) is 40.4 Å². The van der Waals surface area contributed by atoms with E-state index >= 15 is 0 Å². The number of carbonyl (C=O) groups excluding carboxylic acids is 2. The van der Waals surface area contributed by atoms with Gasteiger partial charge in [0.2, 0.25) is 11.8 Å². The minimum absolute atomic E-state index is 0.00143. The maximum Gasteiger partial charge on any atom is 0.237 e. The fourth-order valence-corrected chi connectivity index (χ4v) is 9.52. The lowest BCUT2D eigenvalue weighted by Crippen LogP contribution is -2.60. The van der Waals surface area contributed by atoms with Crippen molar-refractivity contribution in [3.05, 3.63) is 0 Å². The molecule has 2 amide bonds. The lowest BCUT2D eigenvalue weighted by molar-refractivity contribution is -0.124. The monoisotopic (exact) mass is 555 g/mol. The number of hydrogen-bond donors (Lipinski definition) is 5. The van der Waals surface area contributed by atoms with Gasteiger partial charge >= 0.3 is 0 Å². The van der Waals surface area contributed by atoms with Crippen LogP contribution in [0.5, 0.6) is 0 Å². The van der Waals surface area contributed by atoms with Crippen LogP contribution in [0.1, 0.15) is 104 Å². The minimum atomic E-state index is -0.00143. The molecule has 7 nitrogen and oxygen atoms in total. The van der Waals surface area contributed by atoms with Gasteiger partial charge in [-0.15, -0.1) is 0 Å². The van der Waals surface area contributed by atoms with E-state index in [0.717, 1.165) is 44.8 Å². The van der Waals surface area contributed by atoms with Gasteiger partial charge in [0.05, 0.1) is 6.04 Å². The molecule has 6 fully saturated rings. The summed E-state index contributed by atoms with van der Waals surface area (Å²) in [4.78, 5) is 26.1. The smallest absolute Gasteiger partial charge is 0.237 e. The topological polar surface area (TPSA) is 94.3 Å². The third kappa shape index (κ3) is 6.89. The Labute approximate surface area is 242 Å². The molecule has 3 saturated carbocycles. The van der Waals surface area contributed by atoms with Gasteiger partial charge in [0.1, 0.15) is 0 Å². The number of amides is 2. The van der Waals surface area contributed by atoms with Gasteiger partial charge in [-0.1, -0.05) is 20.3 Å². The molecule has 6 rings (SSSR count). The highest BCUT2D eigenvalue weighted by atomic mass is 16.2. The molecule has 0 bridgehead atoms. The van der Waals surface area contributed by atoms with E-state index < -0.39 is 0 Å². The van der Waals surface area contributed by atoms with E-state index in [1.165, 1.54) is 64.2 Å². The van der Waals surface area contributed by atoms with Crippen LogP contribution in [0.4, 0.5) is 0 Å². The zero-order valence-electron chi connectivity index (χ0n) is 25.3. The maximum absolute atomic E-state index is 13.5. The van der Waals surface area contributed by atoms with Crippen LogP contribution in [0.3, 0.4) is 0 Å². The molecule has 40 heavy (non-hydrogen) atoms. The van der Waals surface area contributed by atoms with Gasteiger partial charge in [-0.2, -0.15) is 0 Å². The Hall–Kier alpha value is -1.18. The highest BCUT2D eigenvalue weighted by Gasteiger charge is 2.46. The Balaban J connectivity index is 0.951. The van der Waals surface area contributed by atoms with E-state index in [0.29, 0.717) is 60.1 Å². The summed E-state index contributed by atoms with van der Waals surface area (Å²) in [5.74, 6) is 5.11. The molecular weight excluding hydrogens is 498 g/mol. The van der Waals surface area contributed by atoms with Crippen LogP contribution in [0.2, 0.25) is 0 Å². The summed E-state index contributed by atoms with van der Waals surface area (Å²) in [6, 6.07) is 1.57. The van der Waals surface area contributed by atoms with E-state index in [9.17, 15) is 9.59 Å². The number of hydrogen-bond acceptors (Lipinski definition) is 5. The molecule has 0 aromatic heterocycles. The van der Waals surface area contributed by atoms with Crippen molar-refractivity contribution in [1.29, 1.82) is 0 Å². The number of nitrogens with one attached hydrogen (secondary N) is 5. The maximum atomic E-state index is 13.5. The molecule has 7 heteroatoms. The summed E-state index contributed by atoms with van der Waals surface area (Å²) in [6.07, 6.45) is 16.5. The third-order valence-electron chi connectivity index (χ3n) is 12.0. The van der Waals surface area contributed by atoms with Crippen molar-refractivity contribution < 1.29 is 9.59 Å². The average Bonchev–Trinajstić information content (AvgIpc) is 3.70. The summed E-state index contributed by atoms with van der Waals surface area (Å²) < 4.78 is 0. The Morgan fingerprint density at radius 3 is 2.35 bits per heavy atom. The first kappa shape index (κ1) is 28.9. The predicted molar refractivity (Wildman–Crippen MR) is 160 cm³/mol. The molecule has 9 unspecified atom stereocenters. The Bertz CT molecular complexity index is 865. The average molecular weight is 556 g/mol. The van der Waals surface area contributed by atoms with Gasteiger partial charge in [-0.25, -0.2) is 0 Å². The Kier molecular flexibility index (Phi) is 9.39. The lowest BCUT2D eigenvalue weighted by Gasteiger charge is -2.44. The second-order valence-corrected chi connectivity index (χ2v) is 15.0. The minimum Gasteiger partial charge on any atom is -0.353 e. The van der Waals surface area contributed by atoms with Crippen molar-refractivity contribution in [2.24, 2.45) is 41.4 Å². The standard InChI is InChI=1S/C33H57N5O2/c1-20-5-3-7-25-17-28(37-30(20)25)33(40)38-32(24-8-9-24)31-21(2)15-26(19-35-31)23-10-12-27(13-11-23)36-29(39)16-22-6-4-14-34-18-22/h20-28,30-32,34-35,37H,3-19H2,1-2H3,(H,36,39)(H,38,40). The number of carbonyl (C=O) groups is 2. The van der Waals surface area contributed by atoms with Crippen LogP contribution in [-0.2, 0) is 9.59 Å². The van der Waals surface area contributed by atoms with Gasteiger partial charge < -0.3 is 26.6 Å². The number of fused-ring (bicyclic) bond motifs is 1. The van der Waals surface area contributed by atoms with Gasteiger partial charge in [-0.3, -0.25) is 9.59 Å². The fourth-order valence-electron chi connectivity index (χ4n) is 9.52. The van der Waals surface area contributed by atoms with E-state index in [4.69, 9.17) is 0 Å². The second kappa shape index (κ2) is 13.0. The lowest BCUT2D eigenvalue weighted by atomic mass is 9.71. The third-order valence-corrected chi connectivity index (χ3v) is 12.0. The van der Waals surface area contributed by atoms with Crippen LogP contribution in [0.25, 0.3) is 0 Å². The molecule has 3 saturated heterocycles. The van der Waals surface area contributed by atoms with E-state index in [-0.39, 0.29) is 23.9 Å². The van der Waals surface area contributed by atoms with Crippen LogP contribution >= 0.6 is 0 Å². The molecular formula is C33H57N5O2. The largest absolute Gasteiger partial charge is 0.353 e. The number of rotatable bonds is 8. The summed E-state index contributed by atoms with van der Waals surface area (Å²) >= 11 is 0. The molecule has 5 N–H and O–H groups in total. The Morgan fingerprint density at radius 2 is 1.65 bits per heavy atom. The van der Waals surface area contributed by atoms with Crippen molar-refractivity contribution in [1.82, 2.24) is 26.6 Å². The van der Waals surface area contributed by atoms with Gasteiger partial charge in [0.15, 0.2) is 0 Å². The summed E-state index contributed by atoms with van der Waals surface area (Å²) in [5.41, 5.74) is 0. The van der Waals surface area contributed by atoms with E-state index in [1.54, 1.807) is 0 Å². The molecule has 0 aromatic rings. The summed E-state index contributed by atoms with van der Waals surface area (Å²) in [7, 11) is 0. The zero-order chi connectivity index (χ0) is 27.6. The normalized spacial score (nSPS) is 43.0. The molecule has 0 aromatic carbocycles. The first-order valence-corrected chi connectivity index (χ1v) is 17.2. The van der Waals surface area contributed by atoms with Crippen molar-refractivity contribution in [3.8, 4) is 0 Å². The van der Waals surface area contributed by atoms with Crippen LogP contribution in [0.15, 0.2) is 0 Å². The van der Waals surface area contributed by atoms with Crippen LogP contribution < -0.4 is 26.6 Å². The van der Waals surface area contributed by atoms with E-state index in [1.807, 2.05) is 0 Å². The molecule has 0 spiro atoms. The van der Waals surface area contributed by atoms with Gasteiger partial charge in [0, 0.05) is 30.6 Å². The quantitative estimate of drug-likeness (QED) is 0.315.